The molecule has 0 aromatic carbocycles. The van der Waals surface area contributed by atoms with Crippen LogP contribution in [0.4, 0.5) is 0 Å². The summed E-state index contributed by atoms with van der Waals surface area (Å²) >= 11 is 3.85. The minimum atomic E-state index is -1.65. The average Bonchev–Trinajstić information content (AvgIpc) is 3.26. The molecule has 1 rings (SSSR count). The molecule has 0 spiro atoms. The lowest BCUT2D eigenvalue weighted by atomic mass is 10.1. The van der Waals surface area contributed by atoms with Crippen LogP contribution in [0.2, 0.25) is 0 Å². The first-order chi connectivity index (χ1) is 15.9. The Labute approximate surface area is 198 Å². The monoisotopic (exact) mass is 502 g/mol. The molecule has 0 aliphatic carbocycles. The Balaban J connectivity index is 3.01. The highest BCUT2D eigenvalue weighted by Crippen LogP contribution is 2.04. The molecule has 3 amide bonds. The molecule has 4 atom stereocenters. The van der Waals surface area contributed by atoms with Crippen molar-refractivity contribution in [2.45, 2.75) is 49.9 Å². The highest BCUT2D eigenvalue weighted by Gasteiger charge is 2.31. The third kappa shape index (κ3) is 9.86. The Hall–Kier alpha value is -3.66. The Morgan fingerprint density at radius 2 is 1.53 bits per heavy atom. The largest absolute Gasteiger partial charge is 0.481 e. The molecule has 0 aliphatic rings. The molecule has 0 bridgehead atoms. The summed E-state index contributed by atoms with van der Waals surface area (Å²) < 4.78 is 0. The highest BCUT2D eigenvalue weighted by molar-refractivity contribution is 7.80. The summed E-state index contributed by atoms with van der Waals surface area (Å²) in [5.41, 5.74) is 5.99. The van der Waals surface area contributed by atoms with Crippen molar-refractivity contribution in [2.75, 3.05) is 5.75 Å². The maximum absolute atomic E-state index is 12.8. The van der Waals surface area contributed by atoms with Gasteiger partial charge in [-0.1, -0.05) is 0 Å². The van der Waals surface area contributed by atoms with E-state index in [1.54, 1.807) is 0 Å². The Kier molecular flexibility index (Phi) is 11.5. The van der Waals surface area contributed by atoms with Crippen LogP contribution in [0.3, 0.4) is 0 Å². The van der Waals surface area contributed by atoms with Crippen molar-refractivity contribution in [2.24, 2.45) is 5.73 Å². The molecule has 15 nitrogen and oxygen atoms in total. The fourth-order valence-electron chi connectivity index (χ4n) is 2.63. The van der Waals surface area contributed by atoms with Gasteiger partial charge in [0.15, 0.2) is 0 Å². The number of hydrogen-bond donors (Lipinski definition) is 9. The van der Waals surface area contributed by atoms with Crippen molar-refractivity contribution in [1.82, 2.24) is 25.9 Å². The number of aromatic amines is 1. The second-order valence-electron chi connectivity index (χ2n) is 7.12. The molecule has 0 fully saturated rings. The van der Waals surface area contributed by atoms with Crippen LogP contribution in [0.1, 0.15) is 25.0 Å². The first-order valence-electron chi connectivity index (χ1n) is 9.85. The molecular weight excluding hydrogens is 476 g/mol. The second kappa shape index (κ2) is 13.8. The summed E-state index contributed by atoms with van der Waals surface area (Å²) in [6.45, 7) is 0. The van der Waals surface area contributed by atoms with Gasteiger partial charge in [-0.3, -0.25) is 24.0 Å². The van der Waals surface area contributed by atoms with Gasteiger partial charge in [0.25, 0.3) is 0 Å². The molecule has 0 saturated heterocycles. The number of hydrogen-bond acceptors (Lipinski definition) is 9. The normalized spacial score (nSPS) is 14.2. The van der Waals surface area contributed by atoms with Gasteiger partial charge >= 0.3 is 17.9 Å². The van der Waals surface area contributed by atoms with E-state index in [-0.39, 0.29) is 18.6 Å². The van der Waals surface area contributed by atoms with Gasteiger partial charge in [0.1, 0.15) is 18.1 Å². The molecule has 188 valence electrons. The summed E-state index contributed by atoms with van der Waals surface area (Å²) in [5.74, 6) is -7.16. The number of nitrogens with zero attached hydrogens (tertiary/aromatic N) is 1. The van der Waals surface area contributed by atoms with E-state index >= 15 is 0 Å². The molecule has 1 heterocycles. The predicted octanol–water partition coefficient (Wildman–Crippen LogP) is -2.91. The number of carboxylic acids is 3. The van der Waals surface area contributed by atoms with Crippen LogP contribution >= 0.6 is 12.6 Å². The third-order valence-corrected chi connectivity index (χ3v) is 4.79. The molecule has 16 heteroatoms. The lowest BCUT2D eigenvalue weighted by Crippen LogP contribution is -2.58. The zero-order valence-electron chi connectivity index (χ0n) is 17.8. The number of carbonyl (C=O) groups excluding carboxylic acids is 3. The molecule has 1 aromatic heterocycles. The van der Waals surface area contributed by atoms with Crippen LogP contribution in [-0.4, -0.2) is 90.8 Å². The Morgan fingerprint density at radius 1 is 0.941 bits per heavy atom. The van der Waals surface area contributed by atoms with Crippen LogP contribution in [0.5, 0.6) is 0 Å². The van der Waals surface area contributed by atoms with Crippen molar-refractivity contribution >= 4 is 48.3 Å². The molecule has 0 saturated carbocycles. The summed E-state index contributed by atoms with van der Waals surface area (Å²) in [6, 6.07) is -5.71. The quantitative estimate of drug-likeness (QED) is 0.110. The minimum absolute atomic E-state index is 0.164. The van der Waals surface area contributed by atoms with E-state index < -0.39 is 72.6 Å². The summed E-state index contributed by atoms with van der Waals surface area (Å²) in [6.07, 6.45) is 0.961. The van der Waals surface area contributed by atoms with Gasteiger partial charge in [-0.15, -0.1) is 0 Å². The van der Waals surface area contributed by atoms with E-state index in [4.69, 9.17) is 21.1 Å². The summed E-state index contributed by atoms with van der Waals surface area (Å²) in [7, 11) is 0. The predicted molar refractivity (Wildman–Crippen MR) is 117 cm³/mol. The molecule has 0 aliphatic heterocycles. The van der Waals surface area contributed by atoms with E-state index in [1.165, 1.54) is 12.5 Å². The fourth-order valence-corrected chi connectivity index (χ4v) is 2.88. The molecule has 1 aromatic rings. The van der Waals surface area contributed by atoms with Gasteiger partial charge in [0, 0.05) is 30.5 Å². The third-order valence-electron chi connectivity index (χ3n) is 4.43. The topological polar surface area (TPSA) is 254 Å². The number of carboxylic acid groups (broad SMARTS) is 3. The molecule has 4 unspecified atom stereocenters. The molecule has 34 heavy (non-hydrogen) atoms. The summed E-state index contributed by atoms with van der Waals surface area (Å²) in [4.78, 5) is 77.2. The zero-order chi connectivity index (χ0) is 25.8. The van der Waals surface area contributed by atoms with Gasteiger partial charge in [-0.05, 0) is 6.42 Å². The average molecular weight is 503 g/mol. The standard InChI is InChI=1S/C18H26N6O9S/c19-9(1-2-13(25)26)15(29)22-11(4-14(27)28)17(31)23-10(3-8-5-20-7-21-8)16(30)24-12(6-34)18(32)33/h5,7,9-12,34H,1-4,6,19H2,(H,20,21)(H,22,29)(H,23,31)(H,24,30)(H,25,26)(H,27,28)(H,32,33). The van der Waals surface area contributed by atoms with Gasteiger partial charge in [-0.2, -0.15) is 12.6 Å². The van der Waals surface area contributed by atoms with Crippen molar-refractivity contribution in [3.05, 3.63) is 18.2 Å². The number of thiol groups is 1. The van der Waals surface area contributed by atoms with Crippen LogP contribution in [0.15, 0.2) is 12.5 Å². The number of aliphatic carboxylic acids is 3. The molecular formula is C18H26N6O9S. The SMILES string of the molecule is NC(CCC(=O)O)C(=O)NC(CC(=O)O)C(=O)NC(Cc1cnc[nH]1)C(=O)NC(CS)C(=O)O. The minimum Gasteiger partial charge on any atom is -0.481 e. The second-order valence-corrected chi connectivity index (χ2v) is 7.49. The molecule has 9 N–H and O–H groups in total. The number of carbonyl (C=O) groups is 6. The van der Waals surface area contributed by atoms with E-state index in [0.29, 0.717) is 5.69 Å². The van der Waals surface area contributed by atoms with Crippen molar-refractivity contribution in [3.8, 4) is 0 Å². The first-order valence-corrected chi connectivity index (χ1v) is 10.5. The maximum atomic E-state index is 12.8. The van der Waals surface area contributed by atoms with Crippen LogP contribution < -0.4 is 21.7 Å². The number of H-pyrrole nitrogens is 1. The van der Waals surface area contributed by atoms with Gasteiger partial charge in [-0.25, -0.2) is 9.78 Å². The number of amides is 3. The number of nitrogens with one attached hydrogen (secondary N) is 4. The van der Waals surface area contributed by atoms with E-state index in [2.05, 4.69) is 38.5 Å². The van der Waals surface area contributed by atoms with Gasteiger partial charge in [0.05, 0.1) is 18.8 Å². The van der Waals surface area contributed by atoms with Crippen LogP contribution in [-0.2, 0) is 35.2 Å². The Bertz CT molecular complexity index is 894. The van der Waals surface area contributed by atoms with E-state index in [9.17, 15) is 28.8 Å². The number of nitrogens with two attached hydrogens (primary N) is 1. The van der Waals surface area contributed by atoms with Crippen molar-refractivity contribution < 1.29 is 44.1 Å². The van der Waals surface area contributed by atoms with Gasteiger partial charge < -0.3 is 42.0 Å². The van der Waals surface area contributed by atoms with E-state index in [0.717, 1.165) is 0 Å². The number of imidazole rings is 1. The smallest absolute Gasteiger partial charge is 0.327 e. The van der Waals surface area contributed by atoms with Gasteiger partial charge in [0.2, 0.25) is 17.7 Å². The van der Waals surface area contributed by atoms with Crippen LogP contribution in [0, 0.1) is 0 Å². The van der Waals surface area contributed by atoms with Crippen LogP contribution in [0.25, 0.3) is 0 Å². The summed E-state index contributed by atoms with van der Waals surface area (Å²) in [5, 5.41) is 33.6. The Morgan fingerprint density at radius 3 is 2.03 bits per heavy atom. The highest BCUT2D eigenvalue weighted by atomic mass is 32.1. The van der Waals surface area contributed by atoms with Crippen molar-refractivity contribution in [1.29, 1.82) is 0 Å². The fraction of sp³-hybridized carbons (Fsp3) is 0.500. The number of rotatable bonds is 15. The zero-order valence-corrected chi connectivity index (χ0v) is 18.7. The maximum Gasteiger partial charge on any atom is 0.327 e. The first kappa shape index (κ1) is 28.4. The molecule has 0 radical (unpaired) electrons. The van der Waals surface area contributed by atoms with E-state index in [1.807, 2.05) is 0 Å². The lowest BCUT2D eigenvalue weighted by molar-refractivity contribution is -0.142. The lowest BCUT2D eigenvalue weighted by Gasteiger charge is -2.24. The number of aromatic nitrogens is 2. The van der Waals surface area contributed by atoms with Crippen molar-refractivity contribution in [3.63, 3.8) is 0 Å².